The van der Waals surface area contributed by atoms with Gasteiger partial charge >= 0.3 is 0 Å². The molecule has 0 fully saturated rings. The number of hydrogen-bond acceptors (Lipinski definition) is 4. The smallest absolute Gasteiger partial charge is 0.290 e. The summed E-state index contributed by atoms with van der Waals surface area (Å²) in [6.07, 6.45) is 8.65. The second kappa shape index (κ2) is 23.4. The molecule has 2 aromatic rings. The number of hydrogen-bond donors (Lipinski definition) is 2. The number of halogens is 1. The van der Waals surface area contributed by atoms with Crippen LogP contribution in [0.25, 0.3) is 0 Å². The van der Waals surface area contributed by atoms with Gasteiger partial charge < -0.3 is 19.3 Å². The second-order valence-corrected chi connectivity index (χ2v) is 9.37. The molecule has 0 spiro atoms. The summed E-state index contributed by atoms with van der Waals surface area (Å²) in [5, 5.41) is 6.17. The summed E-state index contributed by atoms with van der Waals surface area (Å²) in [6.45, 7) is 16.6. The molecule has 0 radical (unpaired) electrons. The van der Waals surface area contributed by atoms with Gasteiger partial charge in [-0.25, -0.2) is 4.58 Å². The first-order valence-corrected chi connectivity index (χ1v) is 13.6. The van der Waals surface area contributed by atoms with Crippen molar-refractivity contribution < 1.29 is 18.0 Å². The van der Waals surface area contributed by atoms with E-state index in [1.807, 2.05) is 69.9 Å². The highest BCUT2D eigenvalue weighted by atomic mass is 79.9. The molecule has 0 aromatic heterocycles. The Labute approximate surface area is 240 Å². The third kappa shape index (κ3) is 16.9. The van der Waals surface area contributed by atoms with Gasteiger partial charge in [-0.2, -0.15) is 0 Å². The van der Waals surface area contributed by atoms with Crippen LogP contribution in [0.1, 0.15) is 62.8 Å². The maximum absolute atomic E-state index is 12.2. The fraction of sp³-hybridized carbons (Fsp3) is 0.452. The molecule has 6 nitrogen and oxygen atoms in total. The molecule has 2 N–H and O–H groups in total. The van der Waals surface area contributed by atoms with Gasteiger partial charge in [-0.3, -0.25) is 4.79 Å². The Morgan fingerprint density at radius 1 is 1.00 bits per heavy atom. The van der Waals surface area contributed by atoms with Crippen molar-refractivity contribution in [3.8, 4) is 0 Å². The molecule has 0 bridgehead atoms. The number of nitrogens with zero attached hydrogens (tertiary/aromatic N) is 1. The quantitative estimate of drug-likeness (QED) is 0.187. The third-order valence-corrected chi connectivity index (χ3v) is 5.55. The number of nitrogens with one attached hydrogen (secondary N) is 2. The fourth-order valence-electron chi connectivity index (χ4n) is 3.19. The molecule has 2 rings (SSSR count). The molecule has 1 atom stereocenters. The Balaban J connectivity index is 0. The minimum atomic E-state index is -0.000647. The van der Waals surface area contributed by atoms with Crippen LogP contribution in [0.2, 0.25) is 0 Å². The molecule has 0 aliphatic carbocycles. The number of carbonyl (C=O) groups excluding carboxylic acids is 2. The van der Waals surface area contributed by atoms with Gasteiger partial charge in [-0.15, -0.1) is 0 Å². The molecule has 212 valence electrons. The van der Waals surface area contributed by atoms with Gasteiger partial charge in [0, 0.05) is 31.8 Å². The minimum absolute atomic E-state index is 0.000647. The average molecular weight is 592 g/mol. The van der Waals surface area contributed by atoms with E-state index >= 15 is 0 Å². The van der Waals surface area contributed by atoms with Crippen molar-refractivity contribution in [3.63, 3.8) is 0 Å². The summed E-state index contributed by atoms with van der Waals surface area (Å²) < 4.78 is 5.97. The zero-order valence-corrected chi connectivity index (χ0v) is 26.6. The van der Waals surface area contributed by atoms with E-state index in [0.29, 0.717) is 18.9 Å². The van der Waals surface area contributed by atoms with Gasteiger partial charge in [-0.1, -0.05) is 57.2 Å². The van der Waals surface area contributed by atoms with Crippen LogP contribution in [-0.2, 0) is 13.4 Å². The van der Waals surface area contributed by atoms with Crippen LogP contribution in [0.3, 0.4) is 0 Å². The highest BCUT2D eigenvalue weighted by molar-refractivity contribution is 9.06. The highest BCUT2D eigenvalue weighted by Crippen LogP contribution is 2.19. The number of para-hydroxylation sites is 2. The molecular formula is C31H49BrN3O3+. The summed E-state index contributed by atoms with van der Waals surface area (Å²) in [7, 11) is 3.50. The van der Waals surface area contributed by atoms with Gasteiger partial charge in [0.25, 0.3) is 5.91 Å². The van der Waals surface area contributed by atoms with Crippen molar-refractivity contribution in [3.05, 3.63) is 70.9 Å². The molecule has 1 unspecified atom stereocenters. The number of amides is 1. The molecule has 0 heterocycles. The Bertz CT molecular complexity index is 963. The van der Waals surface area contributed by atoms with Crippen LogP contribution in [0, 0.1) is 33.6 Å². The first kappa shape index (κ1) is 37.4. The Morgan fingerprint density at radius 2 is 1.42 bits per heavy atom. The zero-order valence-electron chi connectivity index (χ0n) is 25.0. The van der Waals surface area contributed by atoms with Crippen molar-refractivity contribution in [2.45, 2.75) is 68.2 Å². The monoisotopic (exact) mass is 590 g/mol. The number of carbonyl (C=O) groups is 2. The highest BCUT2D eigenvalue weighted by Gasteiger charge is 2.12. The normalized spacial score (nSPS) is 11.1. The number of allylic oxidation sites excluding steroid dienone is 1. The summed E-state index contributed by atoms with van der Waals surface area (Å²) in [5.41, 5.74) is 6.97. The molecule has 7 heteroatoms. The number of anilines is 2. The first-order chi connectivity index (χ1) is 18.1. The van der Waals surface area contributed by atoms with Gasteiger partial charge in [0.1, 0.15) is 12.5 Å². The summed E-state index contributed by atoms with van der Waals surface area (Å²) in [6, 6.07) is 12.3. The van der Waals surface area contributed by atoms with E-state index in [0.717, 1.165) is 29.5 Å². The minimum Gasteiger partial charge on any atom is -0.388 e. The van der Waals surface area contributed by atoms with E-state index in [1.165, 1.54) is 16.8 Å². The average Bonchev–Trinajstić information content (AvgIpc) is 2.89. The van der Waals surface area contributed by atoms with Gasteiger partial charge in [0.15, 0.2) is 6.20 Å². The van der Waals surface area contributed by atoms with Crippen LogP contribution >= 0.6 is 16.3 Å². The van der Waals surface area contributed by atoms with Crippen molar-refractivity contribution >= 4 is 46.0 Å². The lowest BCUT2D eigenvalue weighted by atomic mass is 10.1. The van der Waals surface area contributed by atoms with Crippen LogP contribution in [-0.4, -0.2) is 43.7 Å². The molecule has 0 saturated carbocycles. The Morgan fingerprint density at radius 3 is 1.74 bits per heavy atom. The molecule has 0 aliphatic rings. The van der Waals surface area contributed by atoms with E-state index in [1.54, 1.807) is 7.11 Å². The number of aldehydes is 1. The number of aryl methyl sites for hydroxylation is 4. The molecule has 1 amide bonds. The van der Waals surface area contributed by atoms with Gasteiger partial charge in [0.2, 0.25) is 6.54 Å². The van der Waals surface area contributed by atoms with Gasteiger partial charge in [-0.05, 0) is 68.4 Å². The lowest BCUT2D eigenvalue weighted by Gasteiger charge is -2.10. The van der Waals surface area contributed by atoms with Crippen molar-refractivity contribution in [1.29, 1.82) is 0 Å². The summed E-state index contributed by atoms with van der Waals surface area (Å²) >= 11 is 2.65. The Kier molecular flexibility index (Phi) is 23.0. The topological polar surface area (TPSA) is 70.4 Å². The molecule has 2 aromatic carbocycles. The van der Waals surface area contributed by atoms with E-state index in [-0.39, 0.29) is 5.91 Å². The van der Waals surface area contributed by atoms with E-state index in [2.05, 4.69) is 82.7 Å². The largest absolute Gasteiger partial charge is 0.388 e. The maximum atomic E-state index is 12.2. The summed E-state index contributed by atoms with van der Waals surface area (Å²) in [5.74, 6) is 0.522. The van der Waals surface area contributed by atoms with Crippen LogP contribution in [0.15, 0.2) is 48.7 Å². The SMILES string of the molecule is CC=[N+](/C=C\C(C)CC)CC(=O)Nc1c(C)cccc1C.CCC=O.CNc1c(C)cccc1C.COBr. The lowest BCUT2D eigenvalue weighted by Crippen LogP contribution is -2.24. The van der Waals surface area contributed by atoms with Gasteiger partial charge in [0.05, 0.1) is 23.4 Å². The van der Waals surface area contributed by atoms with Crippen LogP contribution < -0.4 is 10.6 Å². The fourth-order valence-corrected chi connectivity index (χ4v) is 3.19. The summed E-state index contributed by atoms with van der Waals surface area (Å²) in [4.78, 5) is 21.4. The molecule has 38 heavy (non-hydrogen) atoms. The number of benzene rings is 2. The molecule has 0 aliphatic heterocycles. The van der Waals surface area contributed by atoms with Crippen molar-refractivity contribution in [1.82, 2.24) is 0 Å². The zero-order chi connectivity index (χ0) is 29.5. The predicted octanol–water partition coefficient (Wildman–Crippen LogP) is 7.79. The number of rotatable bonds is 8. The van der Waals surface area contributed by atoms with Crippen molar-refractivity contribution in [2.75, 3.05) is 31.3 Å². The standard InChI is InChI=1S/C18H26N2O.C9H13N.C3H6O.CH3BrO/c1-6-14(3)11-12-20(7-2)13-17(21)19-18-15(4)9-8-10-16(18)5;1-7-5-4-6-8(2)9(7)10-3;1-2-3-4;1-3-2/h7-12,14H,6,13H2,1-5H3;4-6,10H,1-3H3;3H,2H2,1H3;1H3/p+1/b12-11-,20-7?;;;. The third-order valence-electron chi connectivity index (χ3n) is 5.55. The van der Waals surface area contributed by atoms with E-state index in [9.17, 15) is 9.59 Å². The lowest BCUT2D eigenvalue weighted by molar-refractivity contribution is -0.439. The Hall–Kier alpha value is -2.77. The van der Waals surface area contributed by atoms with E-state index in [4.69, 9.17) is 0 Å². The molecule has 0 saturated heterocycles. The predicted molar refractivity (Wildman–Crippen MR) is 168 cm³/mol. The van der Waals surface area contributed by atoms with Crippen LogP contribution in [0.5, 0.6) is 0 Å². The van der Waals surface area contributed by atoms with Crippen molar-refractivity contribution in [2.24, 2.45) is 5.92 Å². The second-order valence-electron chi connectivity index (χ2n) is 8.72. The van der Waals surface area contributed by atoms with E-state index < -0.39 is 0 Å². The maximum Gasteiger partial charge on any atom is 0.290 e. The van der Waals surface area contributed by atoms with Crippen LogP contribution in [0.4, 0.5) is 11.4 Å². The first-order valence-electron chi connectivity index (χ1n) is 13.0. The molecular weight excluding hydrogens is 542 g/mol.